The molecule has 0 saturated carbocycles. The fourth-order valence-corrected chi connectivity index (χ4v) is 2.04. The Morgan fingerprint density at radius 3 is 2.10 bits per heavy atom. The Kier molecular flexibility index (Phi) is 7.00. The minimum atomic E-state index is -4.99. The summed E-state index contributed by atoms with van der Waals surface area (Å²) in [4.78, 5) is 0. The van der Waals surface area contributed by atoms with Crippen LogP contribution in [0.5, 0.6) is 5.75 Å². The van der Waals surface area contributed by atoms with Crippen molar-refractivity contribution in [2.24, 2.45) is 0 Å². The first-order chi connectivity index (χ1) is 9.38. The zero-order valence-electron chi connectivity index (χ0n) is 12.4. The van der Waals surface area contributed by atoms with Crippen LogP contribution in [0.25, 0.3) is 0 Å². The Labute approximate surface area is 165 Å². The normalized spacial score (nSPS) is 10.9. The Morgan fingerprint density at radius 1 is 0.952 bits per heavy atom. The first-order valence-electron chi connectivity index (χ1n) is 6.36. The second-order valence-electron chi connectivity index (χ2n) is 4.81. The molecule has 0 bridgehead atoms. The maximum absolute atomic E-state index is 12.7. The van der Waals surface area contributed by atoms with Gasteiger partial charge in [0.15, 0.2) is 0 Å². The molecule has 0 aliphatic rings. The van der Waals surface area contributed by atoms with E-state index in [9.17, 15) is 12.9 Å². The first-order valence-corrected chi connectivity index (χ1v) is 6.36. The van der Waals surface area contributed by atoms with Gasteiger partial charge in [0.1, 0.15) is 12.4 Å². The number of hydrogen-bond donors (Lipinski definition) is 0. The second-order valence-corrected chi connectivity index (χ2v) is 4.81. The molecule has 0 aliphatic carbocycles. The van der Waals surface area contributed by atoms with Crippen LogP contribution >= 0.6 is 0 Å². The van der Waals surface area contributed by atoms with Crippen LogP contribution in [0.4, 0.5) is 12.9 Å². The molecule has 2 aromatic carbocycles. The van der Waals surface area contributed by atoms with Crippen molar-refractivity contribution in [3.63, 3.8) is 0 Å². The fourth-order valence-electron chi connectivity index (χ4n) is 2.04. The smallest absolute Gasteiger partial charge is 0.489 e. The number of rotatable bonds is 4. The minimum absolute atomic E-state index is 0. The van der Waals surface area contributed by atoms with Crippen molar-refractivity contribution in [3.05, 3.63) is 59.2 Å². The molecule has 2 aromatic rings. The van der Waals surface area contributed by atoms with Crippen molar-refractivity contribution in [2.45, 2.75) is 20.5 Å². The van der Waals surface area contributed by atoms with Gasteiger partial charge in [0.25, 0.3) is 0 Å². The van der Waals surface area contributed by atoms with Gasteiger partial charge in [-0.25, -0.2) is 0 Å². The molecule has 0 heterocycles. The molecule has 21 heavy (non-hydrogen) atoms. The van der Waals surface area contributed by atoms with Crippen molar-refractivity contribution < 1.29 is 69.1 Å². The summed E-state index contributed by atoms with van der Waals surface area (Å²) in [7, 11) is 0. The predicted molar refractivity (Wildman–Crippen MR) is 75.4 cm³/mol. The molecule has 0 spiro atoms. The van der Waals surface area contributed by atoms with Crippen LogP contribution in [-0.4, -0.2) is 6.98 Å². The molecule has 0 N–H and O–H groups in total. The average Bonchev–Trinajstić information content (AvgIpc) is 2.37. The largest absolute Gasteiger partial charge is 1.00 e. The quantitative estimate of drug-likeness (QED) is 0.763. The molecule has 0 aliphatic heterocycles. The SMILES string of the molecule is Cc1cccc(C)c1COc1cccc([B-](F)(F)F)c1.[K+]. The van der Waals surface area contributed by atoms with E-state index in [0.29, 0.717) is 0 Å². The summed E-state index contributed by atoms with van der Waals surface area (Å²) in [6.07, 6.45) is 0. The summed E-state index contributed by atoms with van der Waals surface area (Å²) in [5.74, 6) is 0.240. The summed E-state index contributed by atoms with van der Waals surface area (Å²) >= 11 is 0. The number of benzene rings is 2. The van der Waals surface area contributed by atoms with Gasteiger partial charge in [-0.05, 0) is 42.7 Å². The summed E-state index contributed by atoms with van der Waals surface area (Å²) in [5, 5.41) is 0. The number of aryl methyl sites for hydroxylation is 2. The summed E-state index contributed by atoms with van der Waals surface area (Å²) in [5.41, 5.74) is 2.52. The first kappa shape index (κ1) is 18.8. The van der Waals surface area contributed by atoms with E-state index in [1.54, 1.807) is 6.07 Å². The summed E-state index contributed by atoms with van der Waals surface area (Å²) < 4.78 is 43.5. The molecule has 0 unspecified atom stereocenters. The fraction of sp³-hybridized carbons (Fsp3) is 0.200. The van der Waals surface area contributed by atoms with Crippen molar-refractivity contribution in [2.75, 3.05) is 0 Å². The number of hydrogen-bond acceptors (Lipinski definition) is 1. The van der Waals surface area contributed by atoms with Crippen molar-refractivity contribution in [3.8, 4) is 5.75 Å². The van der Waals surface area contributed by atoms with E-state index in [1.807, 2.05) is 32.0 Å². The van der Waals surface area contributed by atoms with E-state index < -0.39 is 12.4 Å². The van der Waals surface area contributed by atoms with Gasteiger partial charge >= 0.3 is 58.4 Å². The Morgan fingerprint density at radius 2 is 1.52 bits per heavy atom. The number of halogens is 3. The van der Waals surface area contributed by atoms with Crippen LogP contribution in [0.15, 0.2) is 42.5 Å². The van der Waals surface area contributed by atoms with E-state index in [-0.39, 0.29) is 63.7 Å². The van der Waals surface area contributed by atoms with Gasteiger partial charge in [0.05, 0.1) is 0 Å². The molecular formula is C15H15BF3KO. The van der Waals surface area contributed by atoms with Crippen LogP contribution < -0.4 is 61.6 Å². The van der Waals surface area contributed by atoms with Crippen molar-refractivity contribution in [1.29, 1.82) is 0 Å². The maximum Gasteiger partial charge on any atom is 1.00 e. The molecule has 0 aromatic heterocycles. The monoisotopic (exact) mass is 318 g/mol. The van der Waals surface area contributed by atoms with E-state index >= 15 is 0 Å². The van der Waals surface area contributed by atoms with Crippen LogP contribution in [0, 0.1) is 13.8 Å². The van der Waals surface area contributed by atoms with Crippen LogP contribution in [0.1, 0.15) is 16.7 Å². The van der Waals surface area contributed by atoms with E-state index in [0.717, 1.165) is 28.8 Å². The average molecular weight is 318 g/mol. The maximum atomic E-state index is 12.7. The van der Waals surface area contributed by atoms with Crippen LogP contribution in [-0.2, 0) is 6.61 Å². The van der Waals surface area contributed by atoms with E-state index in [1.165, 1.54) is 6.07 Å². The molecule has 2 rings (SSSR count). The third kappa shape index (κ3) is 5.14. The molecule has 0 amide bonds. The molecular weight excluding hydrogens is 303 g/mol. The molecule has 106 valence electrons. The molecule has 0 fully saturated rings. The van der Waals surface area contributed by atoms with Gasteiger partial charge < -0.3 is 17.7 Å². The van der Waals surface area contributed by atoms with Gasteiger partial charge in [-0.3, -0.25) is 0 Å². The van der Waals surface area contributed by atoms with Crippen LogP contribution in [0.3, 0.4) is 0 Å². The Balaban J connectivity index is 0.00000220. The number of ether oxygens (including phenoxy) is 1. The zero-order chi connectivity index (χ0) is 14.8. The summed E-state index contributed by atoms with van der Waals surface area (Å²) in [6.45, 7) is -0.802. The zero-order valence-corrected chi connectivity index (χ0v) is 15.5. The molecule has 0 radical (unpaired) electrons. The van der Waals surface area contributed by atoms with Gasteiger partial charge in [0.2, 0.25) is 0 Å². The Bertz CT molecular complexity index is 594. The van der Waals surface area contributed by atoms with Crippen molar-refractivity contribution >= 4 is 12.4 Å². The van der Waals surface area contributed by atoms with Gasteiger partial charge in [-0.1, -0.05) is 30.3 Å². The second kappa shape index (κ2) is 7.83. The third-order valence-electron chi connectivity index (χ3n) is 3.26. The topological polar surface area (TPSA) is 9.23 Å². The minimum Gasteiger partial charge on any atom is -0.489 e. The van der Waals surface area contributed by atoms with E-state index in [4.69, 9.17) is 4.74 Å². The van der Waals surface area contributed by atoms with Gasteiger partial charge in [-0.2, -0.15) is 0 Å². The molecule has 0 saturated heterocycles. The standard InChI is InChI=1S/C15H15BF3O.K/c1-11-5-3-6-12(2)15(11)10-20-14-8-4-7-13(9-14)16(17,18)19;/h3-9H,10H2,1-2H3;/q-1;+1. The van der Waals surface area contributed by atoms with E-state index in [2.05, 4.69) is 0 Å². The molecule has 1 nitrogen and oxygen atoms in total. The van der Waals surface area contributed by atoms with Gasteiger partial charge in [0, 0.05) is 0 Å². The Hall–Kier alpha value is -0.269. The predicted octanol–water partition coefficient (Wildman–Crippen LogP) is 0.941. The molecule has 0 atom stereocenters. The molecule has 6 heteroatoms. The van der Waals surface area contributed by atoms with Crippen molar-refractivity contribution in [1.82, 2.24) is 0 Å². The summed E-state index contributed by atoms with van der Waals surface area (Å²) in [6, 6.07) is 10.9. The van der Waals surface area contributed by atoms with Gasteiger partial charge in [-0.15, -0.1) is 5.46 Å². The van der Waals surface area contributed by atoms with Crippen LogP contribution in [0.2, 0.25) is 0 Å². The third-order valence-corrected chi connectivity index (χ3v) is 3.26.